The van der Waals surface area contributed by atoms with Gasteiger partial charge in [0.05, 0.1) is 11.4 Å². The molecule has 2 atom stereocenters. The molecule has 0 saturated carbocycles. The second-order valence-electron chi connectivity index (χ2n) is 5.32. The zero-order valence-corrected chi connectivity index (χ0v) is 14.4. The van der Waals surface area contributed by atoms with Crippen LogP contribution in [0.5, 0.6) is 0 Å². The molecule has 3 rings (SSSR count). The highest BCUT2D eigenvalue weighted by atomic mass is 32.2. The predicted octanol–water partition coefficient (Wildman–Crippen LogP) is 1.23. The van der Waals surface area contributed by atoms with Gasteiger partial charge in [-0.1, -0.05) is 23.4 Å². The maximum absolute atomic E-state index is 12.5. The molecule has 130 valence electrons. The molecular weight excluding hydrogens is 344 g/mol. The van der Waals surface area contributed by atoms with Crippen molar-refractivity contribution in [2.75, 3.05) is 5.32 Å². The first-order chi connectivity index (χ1) is 12.0. The molecule has 0 fully saturated rings. The Hall–Kier alpha value is -2.88. The summed E-state index contributed by atoms with van der Waals surface area (Å²) >= 11 is 0. The molecule has 2 aromatic heterocycles. The molecule has 0 aliphatic carbocycles. The number of para-hydroxylation sites is 1. The van der Waals surface area contributed by atoms with E-state index in [1.165, 1.54) is 4.68 Å². The molecule has 0 spiro atoms. The Morgan fingerprint density at radius 1 is 1.36 bits per heavy atom. The van der Waals surface area contributed by atoms with Gasteiger partial charge in [0.2, 0.25) is 5.91 Å². The van der Waals surface area contributed by atoms with E-state index in [0.717, 1.165) is 5.69 Å². The van der Waals surface area contributed by atoms with Gasteiger partial charge in [0.1, 0.15) is 11.0 Å². The maximum Gasteiger partial charge on any atom is 0.241 e. The third kappa shape index (κ3) is 3.97. The summed E-state index contributed by atoms with van der Waals surface area (Å²) in [5, 5.41) is 16.9. The summed E-state index contributed by atoms with van der Waals surface area (Å²) in [4.78, 5) is 12.2. The molecule has 2 unspecified atom stereocenters. The lowest BCUT2D eigenvalue weighted by molar-refractivity contribution is -0.115. The highest BCUT2D eigenvalue weighted by Crippen LogP contribution is 2.12. The smallest absolute Gasteiger partial charge is 0.241 e. The normalized spacial score (nSPS) is 13.4. The largest absolute Gasteiger partial charge is 0.360 e. The first kappa shape index (κ1) is 17.0. The number of hydrogen-bond acceptors (Lipinski definition) is 7. The molecule has 9 nitrogen and oxygen atoms in total. The molecule has 0 saturated heterocycles. The number of aryl methyl sites for hydroxylation is 1. The zero-order chi connectivity index (χ0) is 17.8. The summed E-state index contributed by atoms with van der Waals surface area (Å²) in [5.41, 5.74) is 0.759. The minimum absolute atomic E-state index is 0.0499. The van der Waals surface area contributed by atoms with E-state index in [0.29, 0.717) is 17.4 Å². The van der Waals surface area contributed by atoms with E-state index < -0.39 is 22.0 Å². The van der Waals surface area contributed by atoms with Gasteiger partial charge in [-0.2, -0.15) is 4.68 Å². The molecule has 1 N–H and O–H groups in total. The third-order valence-electron chi connectivity index (χ3n) is 3.45. The van der Waals surface area contributed by atoms with Crippen molar-refractivity contribution < 1.29 is 13.5 Å². The number of anilines is 1. The number of tetrazole rings is 1. The number of nitrogens with one attached hydrogen (secondary N) is 1. The number of carbonyl (C=O) groups excluding carboxylic acids is 1. The molecular formula is C15H16N6O3S. The van der Waals surface area contributed by atoms with E-state index in [2.05, 4.69) is 26.0 Å². The molecule has 0 aliphatic heterocycles. The molecule has 25 heavy (non-hydrogen) atoms. The highest BCUT2D eigenvalue weighted by Gasteiger charge is 2.23. The van der Waals surface area contributed by atoms with Crippen LogP contribution in [0.3, 0.4) is 0 Å². The van der Waals surface area contributed by atoms with Crippen LogP contribution >= 0.6 is 0 Å². The fourth-order valence-corrected chi connectivity index (χ4v) is 3.07. The average Bonchev–Trinajstić information content (AvgIpc) is 3.23. The van der Waals surface area contributed by atoms with E-state index in [1.54, 1.807) is 19.9 Å². The minimum Gasteiger partial charge on any atom is -0.360 e. The van der Waals surface area contributed by atoms with Gasteiger partial charge in [0, 0.05) is 16.9 Å². The summed E-state index contributed by atoms with van der Waals surface area (Å²) < 4.78 is 18.9. The zero-order valence-electron chi connectivity index (χ0n) is 13.6. The van der Waals surface area contributed by atoms with Gasteiger partial charge >= 0.3 is 0 Å². The first-order valence-electron chi connectivity index (χ1n) is 7.48. The molecule has 1 amide bonds. The number of rotatable bonds is 6. The SMILES string of the molecule is Cc1cc(NC(=O)C(C)S(=O)Cc2nnnn2-c2ccccc2)no1. The molecule has 2 heterocycles. The van der Waals surface area contributed by atoms with Crippen LogP contribution in [0.1, 0.15) is 18.5 Å². The monoisotopic (exact) mass is 360 g/mol. The molecule has 1 aromatic carbocycles. The number of aromatic nitrogens is 5. The Labute approximate surface area is 145 Å². The van der Waals surface area contributed by atoms with Crippen molar-refractivity contribution in [3.63, 3.8) is 0 Å². The first-order valence-corrected chi connectivity index (χ1v) is 8.87. The van der Waals surface area contributed by atoms with Crippen molar-refractivity contribution >= 4 is 22.5 Å². The van der Waals surface area contributed by atoms with Gasteiger partial charge in [-0.3, -0.25) is 9.00 Å². The minimum atomic E-state index is -1.51. The van der Waals surface area contributed by atoms with Crippen molar-refractivity contribution in [1.82, 2.24) is 25.4 Å². The van der Waals surface area contributed by atoms with Crippen LogP contribution in [0.25, 0.3) is 5.69 Å². The fourth-order valence-electron chi connectivity index (χ4n) is 2.09. The van der Waals surface area contributed by atoms with E-state index >= 15 is 0 Å². The van der Waals surface area contributed by atoms with Crippen LogP contribution in [-0.4, -0.2) is 40.7 Å². The molecule has 0 radical (unpaired) electrons. The summed E-state index contributed by atoms with van der Waals surface area (Å²) in [5.74, 6) is 0.923. The van der Waals surface area contributed by atoms with Crippen LogP contribution < -0.4 is 5.32 Å². The average molecular weight is 360 g/mol. The second kappa shape index (κ2) is 7.34. The summed E-state index contributed by atoms with van der Waals surface area (Å²) in [6.45, 7) is 3.29. The van der Waals surface area contributed by atoms with Crippen LogP contribution in [0.15, 0.2) is 40.9 Å². The number of carbonyl (C=O) groups is 1. The Bertz CT molecular complexity index is 892. The van der Waals surface area contributed by atoms with E-state index in [9.17, 15) is 9.00 Å². The van der Waals surface area contributed by atoms with Crippen LogP contribution in [0, 0.1) is 6.92 Å². The van der Waals surface area contributed by atoms with E-state index in [-0.39, 0.29) is 5.75 Å². The standard InChI is InChI=1S/C15H16N6O3S/c1-10-8-13(18-24-10)16-15(22)11(2)25(23)9-14-17-19-20-21(14)12-6-4-3-5-7-12/h3-8,11H,9H2,1-2H3,(H,16,18,22). The summed E-state index contributed by atoms with van der Waals surface area (Å²) in [7, 11) is -1.51. The Kier molecular flexibility index (Phi) is 4.98. The summed E-state index contributed by atoms with van der Waals surface area (Å²) in [6.07, 6.45) is 0. The number of amides is 1. The third-order valence-corrected chi connectivity index (χ3v) is 4.99. The second-order valence-corrected chi connectivity index (χ2v) is 7.08. The maximum atomic E-state index is 12.5. The summed E-state index contributed by atoms with van der Waals surface area (Å²) in [6, 6.07) is 10.9. The lowest BCUT2D eigenvalue weighted by atomic mass is 10.3. The van der Waals surface area contributed by atoms with Crippen LogP contribution in [0.4, 0.5) is 5.82 Å². The van der Waals surface area contributed by atoms with Crippen molar-refractivity contribution in [3.8, 4) is 5.69 Å². The van der Waals surface area contributed by atoms with Gasteiger partial charge in [0.25, 0.3) is 0 Å². The molecule has 0 aliphatic rings. The van der Waals surface area contributed by atoms with Crippen molar-refractivity contribution in [3.05, 3.63) is 48.0 Å². The van der Waals surface area contributed by atoms with Crippen LogP contribution in [0.2, 0.25) is 0 Å². The van der Waals surface area contributed by atoms with Gasteiger partial charge in [-0.05, 0) is 36.4 Å². The van der Waals surface area contributed by atoms with E-state index in [1.807, 2.05) is 30.3 Å². The number of hydrogen-bond donors (Lipinski definition) is 1. The number of nitrogens with zero attached hydrogens (tertiary/aromatic N) is 5. The van der Waals surface area contributed by atoms with Gasteiger partial charge in [0.15, 0.2) is 11.6 Å². The lowest BCUT2D eigenvalue weighted by Gasteiger charge is -2.10. The lowest BCUT2D eigenvalue weighted by Crippen LogP contribution is -2.30. The quantitative estimate of drug-likeness (QED) is 0.703. The Balaban J connectivity index is 1.68. The van der Waals surface area contributed by atoms with Gasteiger partial charge < -0.3 is 9.84 Å². The van der Waals surface area contributed by atoms with Crippen LogP contribution in [-0.2, 0) is 21.3 Å². The van der Waals surface area contributed by atoms with Crippen molar-refractivity contribution in [2.45, 2.75) is 24.9 Å². The topological polar surface area (TPSA) is 116 Å². The van der Waals surface area contributed by atoms with Crippen molar-refractivity contribution in [2.24, 2.45) is 0 Å². The number of benzene rings is 1. The highest BCUT2D eigenvalue weighted by molar-refractivity contribution is 7.85. The Morgan fingerprint density at radius 2 is 2.12 bits per heavy atom. The molecule has 10 heteroatoms. The molecule has 3 aromatic rings. The van der Waals surface area contributed by atoms with Gasteiger partial charge in [-0.15, -0.1) is 5.10 Å². The van der Waals surface area contributed by atoms with Gasteiger partial charge in [-0.25, -0.2) is 0 Å². The van der Waals surface area contributed by atoms with E-state index in [4.69, 9.17) is 4.52 Å². The Morgan fingerprint density at radius 3 is 2.80 bits per heavy atom. The molecule has 0 bridgehead atoms. The predicted molar refractivity (Wildman–Crippen MR) is 90.3 cm³/mol. The fraction of sp³-hybridized carbons (Fsp3) is 0.267. The van der Waals surface area contributed by atoms with Crippen molar-refractivity contribution in [1.29, 1.82) is 0 Å².